The number of hydrogen-bond acceptors (Lipinski definition) is 3. The number of hydrogen-bond donors (Lipinski definition) is 2. The molecule has 3 N–H and O–H groups in total. The van der Waals surface area contributed by atoms with E-state index in [2.05, 4.69) is 5.32 Å². The van der Waals surface area contributed by atoms with Crippen molar-refractivity contribution in [3.05, 3.63) is 42.0 Å². The zero-order valence-corrected chi connectivity index (χ0v) is 9.56. The Labute approximate surface area is 100 Å². The summed E-state index contributed by atoms with van der Waals surface area (Å²) in [5, 5.41) is 2.84. The smallest absolute Gasteiger partial charge is 0.231 e. The van der Waals surface area contributed by atoms with Crippen LogP contribution < -0.4 is 15.8 Å². The SMILES string of the molecule is NC/C=C/CNC(=O)C1COc2ccccc21. The van der Waals surface area contributed by atoms with Crippen LogP contribution in [0.3, 0.4) is 0 Å². The molecule has 0 fully saturated rings. The van der Waals surface area contributed by atoms with Gasteiger partial charge in [-0.3, -0.25) is 4.79 Å². The second kappa shape index (κ2) is 5.50. The highest BCUT2D eigenvalue weighted by Gasteiger charge is 2.29. The molecule has 0 saturated heterocycles. The van der Waals surface area contributed by atoms with Gasteiger partial charge < -0.3 is 15.8 Å². The van der Waals surface area contributed by atoms with E-state index in [-0.39, 0.29) is 11.8 Å². The van der Waals surface area contributed by atoms with Gasteiger partial charge in [0.05, 0.1) is 0 Å². The zero-order valence-electron chi connectivity index (χ0n) is 9.56. The van der Waals surface area contributed by atoms with Crippen molar-refractivity contribution in [2.45, 2.75) is 5.92 Å². The molecule has 0 bridgehead atoms. The van der Waals surface area contributed by atoms with Crippen LogP contribution in [0.15, 0.2) is 36.4 Å². The van der Waals surface area contributed by atoms with E-state index in [0.717, 1.165) is 11.3 Å². The van der Waals surface area contributed by atoms with Gasteiger partial charge in [0.2, 0.25) is 5.91 Å². The number of carbonyl (C=O) groups excluding carboxylic acids is 1. The normalized spacial score (nSPS) is 17.8. The molecule has 1 unspecified atom stereocenters. The van der Waals surface area contributed by atoms with E-state index in [4.69, 9.17) is 10.5 Å². The van der Waals surface area contributed by atoms with Crippen molar-refractivity contribution < 1.29 is 9.53 Å². The van der Waals surface area contributed by atoms with Gasteiger partial charge in [0.25, 0.3) is 0 Å². The molecule has 4 heteroatoms. The third-order valence-electron chi connectivity index (χ3n) is 2.71. The number of benzene rings is 1. The Hall–Kier alpha value is -1.81. The van der Waals surface area contributed by atoms with E-state index < -0.39 is 0 Å². The van der Waals surface area contributed by atoms with Crippen molar-refractivity contribution in [3.8, 4) is 5.75 Å². The average Bonchev–Trinajstić information content (AvgIpc) is 2.78. The minimum Gasteiger partial charge on any atom is -0.492 e. The van der Waals surface area contributed by atoms with Crippen molar-refractivity contribution in [1.29, 1.82) is 0 Å². The highest BCUT2D eigenvalue weighted by molar-refractivity contribution is 5.85. The van der Waals surface area contributed by atoms with Gasteiger partial charge in [0.1, 0.15) is 18.3 Å². The van der Waals surface area contributed by atoms with Crippen molar-refractivity contribution in [3.63, 3.8) is 0 Å². The summed E-state index contributed by atoms with van der Waals surface area (Å²) in [7, 11) is 0. The topological polar surface area (TPSA) is 64.3 Å². The third kappa shape index (κ3) is 2.65. The molecule has 1 aromatic rings. The standard InChI is InChI=1S/C13H16N2O2/c14-7-3-4-8-15-13(16)11-9-17-12-6-2-1-5-10(11)12/h1-6,11H,7-9,14H2,(H,15,16)/b4-3+. The van der Waals surface area contributed by atoms with Gasteiger partial charge in [0.15, 0.2) is 0 Å². The monoisotopic (exact) mass is 232 g/mol. The number of nitrogens with one attached hydrogen (secondary N) is 1. The van der Waals surface area contributed by atoms with Gasteiger partial charge in [-0.25, -0.2) is 0 Å². The molecule has 1 atom stereocenters. The molecule has 0 spiro atoms. The summed E-state index contributed by atoms with van der Waals surface area (Å²) < 4.78 is 5.46. The number of para-hydroxylation sites is 1. The summed E-state index contributed by atoms with van der Waals surface area (Å²) in [5.41, 5.74) is 6.28. The first-order valence-corrected chi connectivity index (χ1v) is 5.67. The van der Waals surface area contributed by atoms with Crippen LogP contribution >= 0.6 is 0 Å². The molecule has 0 aliphatic carbocycles. The highest BCUT2D eigenvalue weighted by Crippen LogP contribution is 2.33. The summed E-state index contributed by atoms with van der Waals surface area (Å²) in [6, 6.07) is 7.64. The highest BCUT2D eigenvalue weighted by atomic mass is 16.5. The van der Waals surface area contributed by atoms with Crippen LogP contribution in [-0.2, 0) is 4.79 Å². The first-order valence-electron chi connectivity index (χ1n) is 5.67. The number of amides is 1. The van der Waals surface area contributed by atoms with Gasteiger partial charge in [-0.2, -0.15) is 0 Å². The minimum atomic E-state index is -0.197. The minimum absolute atomic E-state index is 0.00313. The van der Waals surface area contributed by atoms with Crippen LogP contribution in [-0.4, -0.2) is 25.6 Å². The molecular formula is C13H16N2O2. The predicted molar refractivity (Wildman–Crippen MR) is 65.9 cm³/mol. The van der Waals surface area contributed by atoms with E-state index in [1.165, 1.54) is 0 Å². The molecule has 0 aromatic heterocycles. The lowest BCUT2D eigenvalue weighted by atomic mass is 10.0. The van der Waals surface area contributed by atoms with E-state index in [0.29, 0.717) is 19.7 Å². The third-order valence-corrected chi connectivity index (χ3v) is 2.71. The second-order valence-electron chi connectivity index (χ2n) is 3.85. The summed E-state index contributed by atoms with van der Waals surface area (Å²) in [6.07, 6.45) is 3.67. The van der Waals surface area contributed by atoms with Crippen LogP contribution in [0.25, 0.3) is 0 Å². The Balaban J connectivity index is 1.96. The van der Waals surface area contributed by atoms with Crippen molar-refractivity contribution in [2.75, 3.05) is 19.7 Å². The number of nitrogens with two attached hydrogens (primary N) is 1. The average molecular weight is 232 g/mol. The predicted octanol–water partition coefficient (Wildman–Crippen LogP) is 0.794. The van der Waals surface area contributed by atoms with Crippen molar-refractivity contribution in [2.24, 2.45) is 5.73 Å². The maximum Gasteiger partial charge on any atom is 0.231 e. The fourth-order valence-electron chi connectivity index (χ4n) is 1.84. The molecule has 90 valence electrons. The Morgan fingerprint density at radius 2 is 2.29 bits per heavy atom. The molecule has 1 amide bonds. The molecule has 4 nitrogen and oxygen atoms in total. The lowest BCUT2D eigenvalue weighted by Crippen LogP contribution is -2.30. The van der Waals surface area contributed by atoms with Gasteiger partial charge in [0, 0.05) is 18.7 Å². The van der Waals surface area contributed by atoms with E-state index in [1.54, 1.807) is 0 Å². The van der Waals surface area contributed by atoms with E-state index >= 15 is 0 Å². The molecule has 0 radical (unpaired) electrons. The van der Waals surface area contributed by atoms with Crippen LogP contribution in [0.5, 0.6) is 5.75 Å². The molecular weight excluding hydrogens is 216 g/mol. The lowest BCUT2D eigenvalue weighted by Gasteiger charge is -2.08. The molecule has 0 saturated carbocycles. The largest absolute Gasteiger partial charge is 0.492 e. The van der Waals surface area contributed by atoms with Crippen molar-refractivity contribution in [1.82, 2.24) is 5.32 Å². The van der Waals surface area contributed by atoms with E-state index in [1.807, 2.05) is 36.4 Å². The van der Waals surface area contributed by atoms with E-state index in [9.17, 15) is 4.79 Å². The fraction of sp³-hybridized carbons (Fsp3) is 0.308. The summed E-state index contributed by atoms with van der Waals surface area (Å²) >= 11 is 0. The second-order valence-corrected chi connectivity index (χ2v) is 3.85. The fourth-order valence-corrected chi connectivity index (χ4v) is 1.84. The Morgan fingerprint density at radius 3 is 3.12 bits per heavy atom. The van der Waals surface area contributed by atoms with Crippen LogP contribution in [0.2, 0.25) is 0 Å². The maximum absolute atomic E-state index is 11.9. The van der Waals surface area contributed by atoms with Crippen LogP contribution in [0, 0.1) is 0 Å². The van der Waals surface area contributed by atoms with Gasteiger partial charge in [-0.1, -0.05) is 30.4 Å². The Bertz CT molecular complexity index is 429. The summed E-state index contributed by atoms with van der Waals surface area (Å²) in [6.45, 7) is 1.42. The molecule has 1 heterocycles. The van der Waals surface area contributed by atoms with Crippen LogP contribution in [0.1, 0.15) is 11.5 Å². The molecule has 1 aromatic carbocycles. The summed E-state index contributed by atoms with van der Waals surface area (Å²) in [5.74, 6) is 0.610. The number of fused-ring (bicyclic) bond motifs is 1. The first-order chi connectivity index (χ1) is 8.33. The van der Waals surface area contributed by atoms with Crippen LogP contribution in [0.4, 0.5) is 0 Å². The molecule has 1 aliphatic rings. The molecule has 17 heavy (non-hydrogen) atoms. The van der Waals surface area contributed by atoms with Gasteiger partial charge in [-0.05, 0) is 6.07 Å². The molecule has 2 rings (SSSR count). The number of carbonyl (C=O) groups is 1. The van der Waals surface area contributed by atoms with Crippen molar-refractivity contribution >= 4 is 5.91 Å². The molecule has 1 aliphatic heterocycles. The number of ether oxygens (including phenoxy) is 1. The summed E-state index contributed by atoms with van der Waals surface area (Å²) in [4.78, 5) is 11.9. The van der Waals surface area contributed by atoms with Gasteiger partial charge in [-0.15, -0.1) is 0 Å². The number of rotatable bonds is 4. The Kier molecular flexibility index (Phi) is 3.77. The quantitative estimate of drug-likeness (QED) is 0.754. The lowest BCUT2D eigenvalue weighted by molar-refractivity contribution is -0.122. The first kappa shape index (κ1) is 11.7. The van der Waals surface area contributed by atoms with Gasteiger partial charge >= 0.3 is 0 Å². The zero-order chi connectivity index (χ0) is 12.1. The maximum atomic E-state index is 11.9. The Morgan fingerprint density at radius 1 is 1.47 bits per heavy atom.